The minimum atomic E-state index is -0.836. The van der Waals surface area contributed by atoms with E-state index in [1.165, 1.54) is 0 Å². The van der Waals surface area contributed by atoms with Crippen LogP contribution in [0.3, 0.4) is 0 Å². The van der Waals surface area contributed by atoms with Crippen molar-refractivity contribution in [3.05, 3.63) is 28.7 Å². The Labute approximate surface area is 138 Å². The molecule has 22 heavy (non-hydrogen) atoms. The molecule has 2 rings (SSSR count). The first-order valence-electron chi connectivity index (χ1n) is 7.31. The maximum absolute atomic E-state index is 12.0. The van der Waals surface area contributed by atoms with E-state index in [4.69, 9.17) is 5.11 Å². The van der Waals surface area contributed by atoms with Crippen molar-refractivity contribution in [1.29, 1.82) is 0 Å². The Hall–Kier alpha value is -1.76. The van der Waals surface area contributed by atoms with Gasteiger partial charge in [0.15, 0.2) is 0 Å². The van der Waals surface area contributed by atoms with Crippen LogP contribution >= 0.6 is 15.9 Å². The molecular formula is C15H20BrN3O3. The fraction of sp³-hybridized carbons (Fsp3) is 0.467. The molecular weight excluding hydrogens is 350 g/mol. The average molecular weight is 370 g/mol. The normalized spacial score (nSPS) is 14.8. The molecule has 1 aromatic carbocycles. The van der Waals surface area contributed by atoms with Gasteiger partial charge in [0.05, 0.1) is 0 Å². The summed E-state index contributed by atoms with van der Waals surface area (Å²) in [5, 5.41) is 11.3. The number of carbonyl (C=O) groups excluding carboxylic acids is 1. The number of urea groups is 1. The molecule has 1 aromatic rings. The number of aliphatic carboxylic acids is 1. The van der Waals surface area contributed by atoms with Gasteiger partial charge in [0.2, 0.25) is 0 Å². The predicted molar refractivity (Wildman–Crippen MR) is 88.2 cm³/mol. The Morgan fingerprint density at radius 2 is 1.95 bits per heavy atom. The summed E-state index contributed by atoms with van der Waals surface area (Å²) in [5.74, 6) is -0.836. The topological polar surface area (TPSA) is 72.9 Å². The van der Waals surface area contributed by atoms with Crippen LogP contribution in [0.25, 0.3) is 0 Å². The first-order valence-corrected chi connectivity index (χ1v) is 8.10. The number of hydrogen-bond acceptors (Lipinski definition) is 3. The summed E-state index contributed by atoms with van der Waals surface area (Å²) in [4.78, 5) is 26.4. The van der Waals surface area contributed by atoms with E-state index in [2.05, 4.69) is 38.3 Å². The second-order valence-electron chi connectivity index (χ2n) is 5.18. The Morgan fingerprint density at radius 1 is 1.23 bits per heavy atom. The molecule has 120 valence electrons. The van der Waals surface area contributed by atoms with E-state index in [9.17, 15) is 9.59 Å². The van der Waals surface area contributed by atoms with Crippen molar-refractivity contribution in [2.75, 3.05) is 37.6 Å². The van der Waals surface area contributed by atoms with Crippen molar-refractivity contribution < 1.29 is 14.7 Å². The molecule has 0 saturated carbocycles. The van der Waals surface area contributed by atoms with Gasteiger partial charge in [-0.25, -0.2) is 4.79 Å². The number of nitrogens with zero attached hydrogens (tertiary/aromatic N) is 2. The van der Waals surface area contributed by atoms with Gasteiger partial charge in [-0.05, 0) is 24.6 Å². The molecule has 7 heteroatoms. The lowest BCUT2D eigenvalue weighted by Crippen LogP contribution is -2.52. The third-order valence-electron chi connectivity index (χ3n) is 3.58. The number of carboxylic acids is 1. The quantitative estimate of drug-likeness (QED) is 0.779. The van der Waals surface area contributed by atoms with Crippen molar-refractivity contribution in [1.82, 2.24) is 10.2 Å². The summed E-state index contributed by atoms with van der Waals surface area (Å²) in [7, 11) is 0. The number of halogens is 1. The molecule has 0 radical (unpaired) electrons. The van der Waals surface area contributed by atoms with Crippen LogP contribution in [0, 0.1) is 0 Å². The van der Waals surface area contributed by atoms with Gasteiger partial charge >= 0.3 is 12.0 Å². The van der Waals surface area contributed by atoms with Crippen LogP contribution in [0.15, 0.2) is 28.7 Å². The van der Waals surface area contributed by atoms with Gasteiger partial charge in [-0.3, -0.25) is 4.79 Å². The van der Waals surface area contributed by atoms with E-state index in [-0.39, 0.29) is 12.5 Å². The predicted octanol–water partition coefficient (Wildman–Crippen LogP) is 2.15. The lowest BCUT2D eigenvalue weighted by atomic mass is 10.2. The number of carboxylic acid groups (broad SMARTS) is 1. The maximum atomic E-state index is 12.0. The molecule has 1 heterocycles. The lowest BCUT2D eigenvalue weighted by molar-refractivity contribution is -0.137. The number of amides is 2. The van der Waals surface area contributed by atoms with Crippen molar-refractivity contribution in [2.24, 2.45) is 0 Å². The SMILES string of the molecule is O=C(O)CCCNC(=O)N1CCN(c2cccc(Br)c2)CC1. The van der Waals surface area contributed by atoms with Gasteiger partial charge in [-0.15, -0.1) is 0 Å². The minimum absolute atomic E-state index is 0.0803. The largest absolute Gasteiger partial charge is 0.481 e. The standard InChI is InChI=1S/C15H20BrN3O3/c16-12-3-1-4-13(11-12)18-7-9-19(10-8-18)15(22)17-6-2-5-14(20)21/h1,3-4,11H,2,5-10H2,(H,17,22)(H,20,21). The number of carbonyl (C=O) groups is 2. The number of hydrogen-bond donors (Lipinski definition) is 2. The zero-order valence-corrected chi connectivity index (χ0v) is 13.9. The Kier molecular flexibility index (Phi) is 6.06. The molecule has 0 unspecified atom stereocenters. The van der Waals surface area contributed by atoms with Crippen molar-refractivity contribution in [3.63, 3.8) is 0 Å². The summed E-state index contributed by atoms with van der Waals surface area (Å²) >= 11 is 3.47. The third kappa shape index (κ3) is 4.91. The molecule has 2 amide bonds. The van der Waals surface area contributed by atoms with E-state index in [1.54, 1.807) is 4.90 Å². The third-order valence-corrected chi connectivity index (χ3v) is 4.08. The van der Waals surface area contributed by atoms with Crippen LogP contribution in [0.1, 0.15) is 12.8 Å². The van der Waals surface area contributed by atoms with Gasteiger partial charge in [0.25, 0.3) is 0 Å². The highest BCUT2D eigenvalue weighted by molar-refractivity contribution is 9.10. The van der Waals surface area contributed by atoms with E-state index < -0.39 is 5.97 Å². The minimum Gasteiger partial charge on any atom is -0.481 e. The number of nitrogens with one attached hydrogen (secondary N) is 1. The van der Waals surface area contributed by atoms with Gasteiger partial charge in [-0.1, -0.05) is 22.0 Å². The lowest BCUT2D eigenvalue weighted by Gasteiger charge is -2.36. The molecule has 1 saturated heterocycles. The molecule has 0 aliphatic carbocycles. The van der Waals surface area contributed by atoms with E-state index >= 15 is 0 Å². The van der Waals surface area contributed by atoms with E-state index in [0.29, 0.717) is 26.1 Å². The van der Waals surface area contributed by atoms with Gasteiger partial charge in [-0.2, -0.15) is 0 Å². The number of piperazine rings is 1. The summed E-state index contributed by atoms with van der Waals surface area (Å²) in [6.45, 7) is 3.31. The molecule has 0 atom stereocenters. The van der Waals surface area contributed by atoms with E-state index in [1.807, 2.05) is 12.1 Å². The Bertz CT molecular complexity index is 531. The zero-order chi connectivity index (χ0) is 15.9. The fourth-order valence-corrected chi connectivity index (χ4v) is 2.77. The first-order chi connectivity index (χ1) is 10.6. The van der Waals surface area contributed by atoms with Crippen LogP contribution in [-0.4, -0.2) is 54.7 Å². The highest BCUT2D eigenvalue weighted by Gasteiger charge is 2.21. The van der Waals surface area contributed by atoms with Crippen LogP contribution in [0.4, 0.5) is 10.5 Å². The second kappa shape index (κ2) is 8.03. The van der Waals surface area contributed by atoms with Crippen LogP contribution in [0.5, 0.6) is 0 Å². The summed E-state index contributed by atoms with van der Waals surface area (Å²) in [5.41, 5.74) is 1.15. The van der Waals surface area contributed by atoms with Crippen LogP contribution < -0.4 is 10.2 Å². The molecule has 1 aliphatic heterocycles. The average Bonchev–Trinajstić information content (AvgIpc) is 2.51. The van der Waals surface area contributed by atoms with Gasteiger partial charge in [0.1, 0.15) is 0 Å². The zero-order valence-electron chi connectivity index (χ0n) is 12.3. The molecule has 0 aromatic heterocycles. The van der Waals surface area contributed by atoms with Crippen molar-refractivity contribution >= 4 is 33.6 Å². The second-order valence-corrected chi connectivity index (χ2v) is 6.10. The fourth-order valence-electron chi connectivity index (χ4n) is 2.39. The van der Waals surface area contributed by atoms with E-state index in [0.717, 1.165) is 23.2 Å². The number of benzene rings is 1. The van der Waals surface area contributed by atoms with Crippen LogP contribution in [0.2, 0.25) is 0 Å². The number of rotatable bonds is 5. The van der Waals surface area contributed by atoms with Crippen molar-refractivity contribution in [3.8, 4) is 0 Å². The van der Waals surface area contributed by atoms with Gasteiger partial charge < -0.3 is 20.2 Å². The van der Waals surface area contributed by atoms with Crippen LogP contribution in [-0.2, 0) is 4.79 Å². The molecule has 0 spiro atoms. The Balaban J connectivity index is 1.74. The highest BCUT2D eigenvalue weighted by Crippen LogP contribution is 2.21. The Morgan fingerprint density at radius 3 is 2.59 bits per heavy atom. The van der Waals surface area contributed by atoms with Crippen molar-refractivity contribution in [2.45, 2.75) is 12.8 Å². The molecule has 6 nitrogen and oxygen atoms in total. The smallest absolute Gasteiger partial charge is 0.317 e. The molecule has 2 N–H and O–H groups in total. The number of anilines is 1. The maximum Gasteiger partial charge on any atom is 0.317 e. The molecule has 1 aliphatic rings. The summed E-state index contributed by atoms with van der Waals surface area (Å²) in [6.07, 6.45) is 0.538. The highest BCUT2D eigenvalue weighted by atomic mass is 79.9. The first kappa shape index (κ1) is 16.6. The van der Waals surface area contributed by atoms with Gasteiger partial charge in [0, 0.05) is 49.3 Å². The summed E-state index contributed by atoms with van der Waals surface area (Å²) in [6, 6.07) is 8.01. The monoisotopic (exact) mass is 369 g/mol. The summed E-state index contributed by atoms with van der Waals surface area (Å²) < 4.78 is 1.05. The molecule has 1 fully saturated rings. The molecule has 0 bridgehead atoms.